The Morgan fingerprint density at radius 2 is 1.96 bits per heavy atom. The van der Waals surface area contributed by atoms with Crippen molar-refractivity contribution in [2.24, 2.45) is 0 Å². The van der Waals surface area contributed by atoms with Crippen LogP contribution in [0.3, 0.4) is 0 Å². The number of hydrogen-bond acceptors (Lipinski definition) is 4. The summed E-state index contributed by atoms with van der Waals surface area (Å²) in [5.74, 6) is 0. The van der Waals surface area contributed by atoms with Gasteiger partial charge in [-0.3, -0.25) is 0 Å². The summed E-state index contributed by atoms with van der Waals surface area (Å²) in [6, 6.07) is 9.75. The molecule has 6 heteroatoms. The molecule has 0 heterocycles. The molecule has 23 heavy (non-hydrogen) atoms. The summed E-state index contributed by atoms with van der Waals surface area (Å²) < 4.78 is 10.8. The van der Waals surface area contributed by atoms with Gasteiger partial charge in [-0.25, -0.2) is 4.79 Å². The molecule has 130 valence electrons. The second kappa shape index (κ2) is 9.90. The van der Waals surface area contributed by atoms with Gasteiger partial charge in [0.2, 0.25) is 0 Å². The summed E-state index contributed by atoms with van der Waals surface area (Å²) in [6.07, 6.45) is -1.19. The minimum absolute atomic E-state index is 0.163. The molecule has 1 amide bonds. The normalized spacial score (nSPS) is 12.7. The topological polar surface area (TPSA) is 59.0 Å². The van der Waals surface area contributed by atoms with E-state index in [0.717, 1.165) is 5.56 Å². The van der Waals surface area contributed by atoms with Crippen molar-refractivity contribution < 1.29 is 19.4 Å². The third-order valence-electron chi connectivity index (χ3n) is 2.86. The number of aliphatic hydroxyl groups is 1. The summed E-state index contributed by atoms with van der Waals surface area (Å²) in [7, 11) is 0. The third kappa shape index (κ3) is 8.93. The average molecular weight is 388 g/mol. The number of ether oxygens (including phenoxy) is 2. The van der Waals surface area contributed by atoms with Crippen LogP contribution >= 0.6 is 15.9 Å². The number of halogens is 1. The van der Waals surface area contributed by atoms with E-state index in [0.29, 0.717) is 18.5 Å². The average Bonchev–Trinajstić information content (AvgIpc) is 2.46. The van der Waals surface area contributed by atoms with E-state index in [1.54, 1.807) is 0 Å². The predicted molar refractivity (Wildman–Crippen MR) is 93.7 cm³/mol. The molecule has 1 aromatic carbocycles. The molecule has 0 aromatic heterocycles. The van der Waals surface area contributed by atoms with Crippen molar-refractivity contribution in [1.29, 1.82) is 0 Å². The number of benzene rings is 1. The highest BCUT2D eigenvalue weighted by Gasteiger charge is 2.23. The van der Waals surface area contributed by atoms with Crippen LogP contribution in [0.2, 0.25) is 0 Å². The van der Waals surface area contributed by atoms with Gasteiger partial charge in [0.25, 0.3) is 0 Å². The zero-order chi connectivity index (χ0) is 17.3. The molecule has 5 nitrogen and oxygen atoms in total. The number of rotatable bonds is 8. The lowest BCUT2D eigenvalue weighted by Gasteiger charge is -2.28. The van der Waals surface area contributed by atoms with E-state index in [4.69, 9.17) is 9.47 Å². The number of amides is 1. The fourth-order valence-electron chi connectivity index (χ4n) is 1.88. The molecule has 0 saturated heterocycles. The Hall–Kier alpha value is -1.11. The molecule has 0 radical (unpaired) electrons. The highest BCUT2D eigenvalue weighted by molar-refractivity contribution is 9.09. The van der Waals surface area contributed by atoms with Gasteiger partial charge >= 0.3 is 6.09 Å². The van der Waals surface area contributed by atoms with Crippen LogP contribution in [0.4, 0.5) is 4.79 Å². The number of hydrogen-bond donors (Lipinski definition) is 1. The van der Waals surface area contributed by atoms with E-state index < -0.39 is 17.8 Å². The molecule has 0 aliphatic rings. The molecule has 1 rings (SSSR count). The molecule has 1 aromatic rings. The van der Waals surface area contributed by atoms with E-state index >= 15 is 0 Å². The maximum absolute atomic E-state index is 12.1. The van der Waals surface area contributed by atoms with E-state index in [1.807, 2.05) is 51.1 Å². The molecule has 0 aliphatic carbocycles. The van der Waals surface area contributed by atoms with Gasteiger partial charge in [-0.1, -0.05) is 46.3 Å². The largest absolute Gasteiger partial charge is 0.444 e. The van der Waals surface area contributed by atoms with Crippen molar-refractivity contribution in [2.45, 2.75) is 39.1 Å². The Morgan fingerprint density at radius 1 is 1.30 bits per heavy atom. The molecule has 0 bridgehead atoms. The Balaban J connectivity index is 2.41. The van der Waals surface area contributed by atoms with Crippen LogP contribution in [0.5, 0.6) is 0 Å². The second-order valence-corrected chi connectivity index (χ2v) is 7.06. The van der Waals surface area contributed by atoms with Crippen LogP contribution in [0, 0.1) is 0 Å². The first-order valence-electron chi connectivity index (χ1n) is 7.65. The van der Waals surface area contributed by atoms with Crippen LogP contribution in [-0.4, -0.2) is 52.8 Å². The lowest BCUT2D eigenvalue weighted by molar-refractivity contribution is -0.00678. The van der Waals surface area contributed by atoms with Gasteiger partial charge in [0.1, 0.15) is 5.60 Å². The van der Waals surface area contributed by atoms with E-state index in [-0.39, 0.29) is 13.2 Å². The minimum atomic E-state index is -0.759. The van der Waals surface area contributed by atoms with Gasteiger partial charge in [-0.15, -0.1) is 0 Å². The summed E-state index contributed by atoms with van der Waals surface area (Å²) in [5, 5.41) is 10.7. The van der Waals surface area contributed by atoms with Crippen molar-refractivity contribution in [3.8, 4) is 0 Å². The SMILES string of the molecule is CC(C)(C)OC(=O)N(CCBr)CC(O)COCc1ccccc1. The fraction of sp³-hybridized carbons (Fsp3) is 0.588. The second-order valence-electron chi connectivity index (χ2n) is 6.27. The molecular weight excluding hydrogens is 362 g/mol. The molecule has 1 N–H and O–H groups in total. The van der Waals surface area contributed by atoms with Crippen molar-refractivity contribution in [3.05, 3.63) is 35.9 Å². The Morgan fingerprint density at radius 3 is 2.52 bits per heavy atom. The van der Waals surface area contributed by atoms with E-state index in [9.17, 15) is 9.90 Å². The molecule has 0 saturated carbocycles. The van der Waals surface area contributed by atoms with Gasteiger partial charge in [0, 0.05) is 11.9 Å². The van der Waals surface area contributed by atoms with Crippen LogP contribution < -0.4 is 0 Å². The molecule has 0 fully saturated rings. The lowest BCUT2D eigenvalue weighted by atomic mass is 10.2. The monoisotopic (exact) mass is 387 g/mol. The van der Waals surface area contributed by atoms with Gasteiger partial charge < -0.3 is 19.5 Å². The van der Waals surface area contributed by atoms with Crippen LogP contribution in [0.1, 0.15) is 26.3 Å². The van der Waals surface area contributed by atoms with Crippen molar-refractivity contribution in [2.75, 3.05) is 25.0 Å². The van der Waals surface area contributed by atoms with Gasteiger partial charge in [-0.2, -0.15) is 0 Å². The molecule has 1 unspecified atom stereocenters. The maximum atomic E-state index is 12.1. The Kier molecular flexibility index (Phi) is 8.58. The van der Waals surface area contributed by atoms with E-state index in [1.165, 1.54) is 4.90 Å². The van der Waals surface area contributed by atoms with Crippen LogP contribution in [-0.2, 0) is 16.1 Å². The number of carbonyl (C=O) groups is 1. The standard InChI is InChI=1S/C17H26BrNO4/c1-17(2,3)23-16(21)19(10-9-18)11-15(20)13-22-12-14-7-5-4-6-8-14/h4-8,15,20H,9-13H2,1-3H3. The quantitative estimate of drug-likeness (QED) is 0.695. The Labute approximate surface area is 146 Å². The third-order valence-corrected chi connectivity index (χ3v) is 3.21. The first kappa shape index (κ1) is 19.9. The Bertz CT molecular complexity index is 461. The molecular formula is C17H26BrNO4. The zero-order valence-corrected chi connectivity index (χ0v) is 15.6. The number of carbonyl (C=O) groups excluding carboxylic acids is 1. The first-order chi connectivity index (χ1) is 10.8. The number of aliphatic hydroxyl groups excluding tert-OH is 1. The molecule has 0 spiro atoms. The fourth-order valence-corrected chi connectivity index (χ4v) is 2.31. The zero-order valence-electron chi connectivity index (χ0n) is 14.0. The minimum Gasteiger partial charge on any atom is -0.444 e. The smallest absolute Gasteiger partial charge is 0.410 e. The highest BCUT2D eigenvalue weighted by Crippen LogP contribution is 2.11. The van der Waals surface area contributed by atoms with Crippen molar-refractivity contribution in [1.82, 2.24) is 4.90 Å². The predicted octanol–water partition coefficient (Wildman–Crippen LogP) is 3.20. The van der Waals surface area contributed by atoms with Crippen molar-refractivity contribution >= 4 is 22.0 Å². The summed E-state index contributed by atoms with van der Waals surface area (Å²) in [6.45, 7) is 6.68. The summed E-state index contributed by atoms with van der Waals surface area (Å²) in [4.78, 5) is 13.6. The van der Waals surface area contributed by atoms with Crippen molar-refractivity contribution in [3.63, 3.8) is 0 Å². The molecule has 1 atom stereocenters. The lowest BCUT2D eigenvalue weighted by Crippen LogP contribution is -2.43. The van der Waals surface area contributed by atoms with Crippen LogP contribution in [0.15, 0.2) is 30.3 Å². The molecule has 0 aliphatic heterocycles. The maximum Gasteiger partial charge on any atom is 0.410 e. The first-order valence-corrected chi connectivity index (χ1v) is 8.77. The highest BCUT2D eigenvalue weighted by atomic mass is 79.9. The number of nitrogens with zero attached hydrogens (tertiary/aromatic N) is 1. The van der Waals surface area contributed by atoms with Gasteiger partial charge in [0.05, 0.1) is 25.9 Å². The van der Waals surface area contributed by atoms with E-state index in [2.05, 4.69) is 15.9 Å². The van der Waals surface area contributed by atoms with Gasteiger partial charge in [-0.05, 0) is 26.3 Å². The van der Waals surface area contributed by atoms with Crippen LogP contribution in [0.25, 0.3) is 0 Å². The van der Waals surface area contributed by atoms with Gasteiger partial charge in [0.15, 0.2) is 0 Å². The summed E-state index contributed by atoms with van der Waals surface area (Å²) >= 11 is 3.31. The number of alkyl halides is 1. The summed E-state index contributed by atoms with van der Waals surface area (Å²) in [5.41, 5.74) is 0.486.